The number of halogens is 1. The molecule has 25 heavy (non-hydrogen) atoms. The number of imidazole rings is 1. The van der Waals surface area contributed by atoms with Gasteiger partial charge >= 0.3 is 11.7 Å². The van der Waals surface area contributed by atoms with Crippen LogP contribution in [-0.4, -0.2) is 43.1 Å². The first-order chi connectivity index (χ1) is 12.1. The van der Waals surface area contributed by atoms with E-state index >= 15 is 0 Å². The Morgan fingerprint density at radius 3 is 2.64 bits per heavy atom. The highest BCUT2D eigenvalue weighted by atomic mass is 19.1. The van der Waals surface area contributed by atoms with Gasteiger partial charge in [-0.05, 0) is 25.0 Å². The van der Waals surface area contributed by atoms with Crippen molar-refractivity contribution >= 4 is 17.2 Å². The van der Waals surface area contributed by atoms with E-state index in [9.17, 15) is 14.0 Å². The first kappa shape index (κ1) is 15.5. The van der Waals surface area contributed by atoms with Crippen LogP contribution in [0, 0.1) is 5.82 Å². The zero-order valence-corrected chi connectivity index (χ0v) is 13.6. The SMILES string of the molecule is Cn1c(=O)n(C(=O)N2CCCC2)c2cnc(-c3ccccc3F)nc21. The maximum atomic E-state index is 14.0. The molecule has 1 aliphatic rings. The summed E-state index contributed by atoms with van der Waals surface area (Å²) in [6.45, 7) is 1.27. The van der Waals surface area contributed by atoms with E-state index in [-0.39, 0.29) is 17.4 Å². The van der Waals surface area contributed by atoms with E-state index in [0.29, 0.717) is 24.3 Å². The second-order valence-electron chi connectivity index (χ2n) is 6.04. The third-order valence-electron chi connectivity index (χ3n) is 4.47. The summed E-state index contributed by atoms with van der Waals surface area (Å²) in [5.74, 6) is -0.272. The third kappa shape index (κ3) is 2.41. The number of nitrogens with zero attached hydrogens (tertiary/aromatic N) is 5. The molecule has 0 atom stereocenters. The first-order valence-electron chi connectivity index (χ1n) is 8.06. The lowest BCUT2D eigenvalue weighted by molar-refractivity contribution is 0.210. The van der Waals surface area contributed by atoms with E-state index in [4.69, 9.17) is 0 Å². The quantitative estimate of drug-likeness (QED) is 0.679. The van der Waals surface area contributed by atoms with Gasteiger partial charge in [-0.15, -0.1) is 0 Å². The molecule has 0 bridgehead atoms. The van der Waals surface area contributed by atoms with E-state index in [2.05, 4.69) is 9.97 Å². The zero-order chi connectivity index (χ0) is 17.6. The molecular formula is C17H16FN5O2. The molecule has 3 heterocycles. The van der Waals surface area contributed by atoms with Crippen molar-refractivity contribution in [1.82, 2.24) is 24.0 Å². The summed E-state index contributed by atoms with van der Waals surface area (Å²) in [5.41, 5.74) is 0.387. The highest BCUT2D eigenvalue weighted by Gasteiger charge is 2.25. The maximum Gasteiger partial charge on any atom is 0.338 e. The molecular weight excluding hydrogens is 325 g/mol. The Kier molecular flexibility index (Phi) is 3.60. The molecule has 4 rings (SSSR count). The van der Waals surface area contributed by atoms with Crippen molar-refractivity contribution in [2.24, 2.45) is 7.05 Å². The van der Waals surface area contributed by atoms with Crippen molar-refractivity contribution < 1.29 is 9.18 Å². The molecule has 2 aromatic heterocycles. The number of amides is 1. The van der Waals surface area contributed by atoms with Crippen molar-refractivity contribution in [3.63, 3.8) is 0 Å². The fourth-order valence-corrected chi connectivity index (χ4v) is 3.12. The molecule has 3 aromatic rings. The number of aromatic nitrogens is 4. The Balaban J connectivity index is 1.88. The van der Waals surface area contributed by atoms with Crippen LogP contribution in [0.15, 0.2) is 35.3 Å². The first-order valence-corrected chi connectivity index (χ1v) is 8.06. The van der Waals surface area contributed by atoms with E-state index in [1.54, 1.807) is 23.1 Å². The van der Waals surface area contributed by atoms with Crippen LogP contribution >= 0.6 is 0 Å². The smallest absolute Gasteiger partial charge is 0.324 e. The van der Waals surface area contributed by atoms with Crippen molar-refractivity contribution in [3.8, 4) is 11.4 Å². The predicted octanol–water partition coefficient (Wildman–Crippen LogP) is 2.00. The molecule has 1 aromatic carbocycles. The number of likely N-dealkylation sites (tertiary alicyclic amines) is 1. The summed E-state index contributed by atoms with van der Waals surface area (Å²) in [6, 6.07) is 5.80. The van der Waals surface area contributed by atoms with Crippen molar-refractivity contribution in [3.05, 3.63) is 46.8 Å². The van der Waals surface area contributed by atoms with Gasteiger partial charge in [0, 0.05) is 20.1 Å². The highest BCUT2D eigenvalue weighted by Crippen LogP contribution is 2.21. The minimum atomic E-state index is -0.480. The van der Waals surface area contributed by atoms with Gasteiger partial charge in [0.15, 0.2) is 11.5 Å². The van der Waals surface area contributed by atoms with Crippen LogP contribution in [0.4, 0.5) is 9.18 Å². The summed E-state index contributed by atoms with van der Waals surface area (Å²) < 4.78 is 16.4. The Morgan fingerprint density at radius 2 is 1.92 bits per heavy atom. The lowest BCUT2D eigenvalue weighted by atomic mass is 10.2. The molecule has 128 valence electrons. The zero-order valence-electron chi connectivity index (χ0n) is 13.6. The van der Waals surface area contributed by atoms with E-state index in [1.165, 1.54) is 23.9 Å². The molecule has 0 unspecified atom stereocenters. The topological polar surface area (TPSA) is 73.0 Å². The Hall–Kier alpha value is -3.03. The van der Waals surface area contributed by atoms with Gasteiger partial charge in [-0.2, -0.15) is 0 Å². The van der Waals surface area contributed by atoms with Crippen LogP contribution < -0.4 is 5.69 Å². The molecule has 1 aliphatic heterocycles. The van der Waals surface area contributed by atoms with Crippen LogP contribution in [0.1, 0.15) is 12.8 Å². The Bertz CT molecular complexity index is 1030. The number of carbonyl (C=O) groups is 1. The van der Waals surface area contributed by atoms with E-state index in [1.807, 2.05) is 0 Å². The van der Waals surface area contributed by atoms with Crippen LogP contribution in [0.3, 0.4) is 0 Å². The van der Waals surface area contributed by atoms with E-state index in [0.717, 1.165) is 17.4 Å². The van der Waals surface area contributed by atoms with Gasteiger partial charge in [0.2, 0.25) is 0 Å². The third-order valence-corrected chi connectivity index (χ3v) is 4.47. The van der Waals surface area contributed by atoms with Gasteiger partial charge in [0.1, 0.15) is 11.3 Å². The predicted molar refractivity (Wildman–Crippen MR) is 89.8 cm³/mol. The van der Waals surface area contributed by atoms with Crippen molar-refractivity contribution in [2.75, 3.05) is 13.1 Å². The number of carbonyl (C=O) groups excluding carboxylic acids is 1. The van der Waals surface area contributed by atoms with Gasteiger partial charge in [-0.25, -0.2) is 28.5 Å². The summed E-state index contributed by atoms with van der Waals surface area (Å²) >= 11 is 0. The van der Waals surface area contributed by atoms with Crippen LogP contribution in [0.2, 0.25) is 0 Å². The number of rotatable bonds is 1. The average Bonchev–Trinajstić information content (AvgIpc) is 3.23. The maximum absolute atomic E-state index is 14.0. The van der Waals surface area contributed by atoms with Crippen LogP contribution in [0.25, 0.3) is 22.6 Å². The van der Waals surface area contributed by atoms with Crippen molar-refractivity contribution in [2.45, 2.75) is 12.8 Å². The molecule has 0 spiro atoms. The molecule has 8 heteroatoms. The highest BCUT2D eigenvalue weighted by molar-refractivity contribution is 5.88. The van der Waals surface area contributed by atoms with Gasteiger partial charge in [0.25, 0.3) is 0 Å². The molecule has 0 saturated carbocycles. The summed E-state index contributed by atoms with van der Waals surface area (Å²) in [4.78, 5) is 35.3. The van der Waals surface area contributed by atoms with Gasteiger partial charge in [0.05, 0.1) is 11.8 Å². The van der Waals surface area contributed by atoms with E-state index < -0.39 is 11.5 Å². The molecule has 1 amide bonds. The van der Waals surface area contributed by atoms with Gasteiger partial charge < -0.3 is 4.90 Å². The molecule has 0 radical (unpaired) electrons. The fourth-order valence-electron chi connectivity index (χ4n) is 3.12. The lowest BCUT2D eigenvalue weighted by Gasteiger charge is -2.14. The normalized spacial score (nSPS) is 14.4. The Labute approximate surface area is 142 Å². The number of hydrogen-bond acceptors (Lipinski definition) is 4. The largest absolute Gasteiger partial charge is 0.338 e. The fraction of sp³-hybridized carbons (Fsp3) is 0.294. The number of fused-ring (bicyclic) bond motifs is 1. The second-order valence-corrected chi connectivity index (χ2v) is 6.04. The minimum Gasteiger partial charge on any atom is -0.324 e. The number of aryl methyl sites for hydroxylation is 1. The lowest BCUT2D eigenvalue weighted by Crippen LogP contribution is -2.38. The standard InChI is InChI=1S/C17H16FN5O2/c1-21-15-13(23(16(21)24)17(25)22-8-4-5-9-22)10-19-14(20-15)11-6-2-3-7-12(11)18/h2-3,6-7,10H,4-5,8-9H2,1H3. The summed E-state index contributed by atoms with van der Waals surface area (Å²) in [6.07, 6.45) is 3.26. The average molecular weight is 341 g/mol. The van der Waals surface area contributed by atoms with Crippen molar-refractivity contribution in [1.29, 1.82) is 0 Å². The molecule has 1 fully saturated rings. The Morgan fingerprint density at radius 1 is 1.20 bits per heavy atom. The van der Waals surface area contributed by atoms with Crippen LogP contribution in [-0.2, 0) is 7.05 Å². The van der Waals surface area contributed by atoms with Gasteiger partial charge in [-0.1, -0.05) is 12.1 Å². The minimum absolute atomic E-state index is 0.173. The van der Waals surface area contributed by atoms with Crippen LogP contribution in [0.5, 0.6) is 0 Å². The second kappa shape index (κ2) is 5.80. The number of benzene rings is 1. The summed E-state index contributed by atoms with van der Waals surface area (Å²) in [5, 5.41) is 0. The molecule has 1 saturated heterocycles. The molecule has 0 aliphatic carbocycles. The monoisotopic (exact) mass is 341 g/mol. The van der Waals surface area contributed by atoms with Gasteiger partial charge in [-0.3, -0.25) is 4.57 Å². The molecule has 0 N–H and O–H groups in total. The summed E-state index contributed by atoms with van der Waals surface area (Å²) in [7, 11) is 1.54. The molecule has 7 nitrogen and oxygen atoms in total. The number of hydrogen-bond donors (Lipinski definition) is 0.